The number of fused-ring (bicyclic) bond motifs is 5. The van der Waals surface area contributed by atoms with Gasteiger partial charge in [-0.2, -0.15) is 5.10 Å². The normalized spacial score (nSPS) is 22.4. The molecule has 2 fully saturated rings. The number of aromatic nitrogens is 5. The highest BCUT2D eigenvalue weighted by atomic mass is 35.5. The first-order chi connectivity index (χ1) is 24.9. The number of thiophene rings is 1. The van der Waals surface area contributed by atoms with E-state index in [1.807, 2.05) is 31.2 Å². The predicted octanol–water partition coefficient (Wildman–Crippen LogP) is 6.60. The number of para-hydroxylation sites is 1. The number of phenolic OH excluding ortho intramolecular Hbond substituents is 1. The topological polar surface area (TPSA) is 124 Å². The highest BCUT2D eigenvalue weighted by molar-refractivity contribution is 7.22. The van der Waals surface area contributed by atoms with Gasteiger partial charge >= 0.3 is 11.4 Å². The summed E-state index contributed by atoms with van der Waals surface area (Å²) in [5, 5.41) is 18.0. The van der Waals surface area contributed by atoms with Crippen LogP contribution in [0.4, 0.5) is 5.82 Å². The standard InChI is InChI=1S/C38H30Cl2N6O5S/c1-19-24-15-21(40)10-12-30(24)52-33(19)27-18-31(42(3)41-27)45-34(48)26-17-28-23(32(38(26,2)35(45)49)25-16-20(39)9-11-29(25)47)13-14-43-36(50)44(37(51)46(28)43)22-7-5-4-6-8-22/h4-13,15-16,18,26,28,32,47H,14,17H2,1-3H3/t26-,28+,32+,38+/m0/s1. The molecule has 1 saturated carbocycles. The molecule has 262 valence electrons. The summed E-state index contributed by atoms with van der Waals surface area (Å²) in [6, 6.07) is 19.9. The molecule has 2 aliphatic heterocycles. The predicted molar refractivity (Wildman–Crippen MR) is 200 cm³/mol. The average Bonchev–Trinajstić information content (AvgIpc) is 3.80. The number of hydrogen-bond acceptors (Lipinski definition) is 7. The van der Waals surface area contributed by atoms with Crippen LogP contribution in [-0.4, -0.2) is 40.6 Å². The molecule has 3 aromatic carbocycles. The Hall–Kier alpha value is -5.17. The molecule has 0 bridgehead atoms. The molecule has 0 spiro atoms. The number of anilines is 1. The molecule has 0 radical (unpaired) electrons. The third-order valence-electron chi connectivity index (χ3n) is 11.1. The van der Waals surface area contributed by atoms with Gasteiger partial charge in [-0.15, -0.1) is 11.3 Å². The van der Waals surface area contributed by atoms with Gasteiger partial charge in [-0.05, 0) is 85.3 Å². The van der Waals surface area contributed by atoms with Crippen LogP contribution in [0.5, 0.6) is 5.75 Å². The van der Waals surface area contributed by atoms with Crippen LogP contribution in [-0.2, 0) is 23.2 Å². The SMILES string of the molecule is Cc1c(-c2cc(N3C(=O)[C@@H]4C[C@@H]5C(=CCn6c(=O)n(-c7ccccc7)c(=O)n65)[C@H](c5cc(Cl)ccc5O)[C@]4(C)C3=O)n(C)n2)sc2ccc(Cl)cc12. The van der Waals surface area contributed by atoms with E-state index >= 15 is 4.79 Å². The van der Waals surface area contributed by atoms with Crippen molar-refractivity contribution < 1.29 is 14.7 Å². The molecule has 2 amide bonds. The second kappa shape index (κ2) is 11.4. The number of aromatic hydroxyl groups is 1. The van der Waals surface area contributed by atoms with Gasteiger partial charge in [0.05, 0.1) is 34.5 Å². The van der Waals surface area contributed by atoms with Crippen molar-refractivity contribution >= 4 is 62.3 Å². The van der Waals surface area contributed by atoms with Gasteiger partial charge in [0.2, 0.25) is 11.8 Å². The van der Waals surface area contributed by atoms with Gasteiger partial charge in [0.15, 0.2) is 0 Å². The van der Waals surface area contributed by atoms with Gasteiger partial charge in [0, 0.05) is 39.3 Å². The molecule has 11 nitrogen and oxygen atoms in total. The maximum atomic E-state index is 15.0. The lowest BCUT2D eigenvalue weighted by Crippen LogP contribution is -2.49. The van der Waals surface area contributed by atoms with Gasteiger partial charge in [0.1, 0.15) is 17.3 Å². The van der Waals surface area contributed by atoms with Gasteiger partial charge in [0.25, 0.3) is 0 Å². The fourth-order valence-electron chi connectivity index (χ4n) is 8.61. The number of halogens is 2. The zero-order chi connectivity index (χ0) is 36.4. The smallest absolute Gasteiger partial charge is 0.352 e. The van der Waals surface area contributed by atoms with Crippen LogP contribution in [0, 0.1) is 18.3 Å². The number of hydrogen-bond donors (Lipinski definition) is 1. The maximum Gasteiger partial charge on any atom is 0.352 e. The number of nitrogens with zero attached hydrogens (tertiary/aromatic N) is 6. The quantitative estimate of drug-likeness (QED) is 0.160. The van der Waals surface area contributed by atoms with Crippen molar-refractivity contribution in [1.29, 1.82) is 0 Å². The fourth-order valence-corrected chi connectivity index (χ4v) is 10.1. The van der Waals surface area contributed by atoms with Crippen molar-refractivity contribution in [2.75, 3.05) is 4.90 Å². The zero-order valence-electron chi connectivity index (χ0n) is 28.1. The van der Waals surface area contributed by atoms with Crippen molar-refractivity contribution in [2.45, 2.75) is 38.8 Å². The van der Waals surface area contributed by atoms with E-state index in [4.69, 9.17) is 28.3 Å². The van der Waals surface area contributed by atoms with Crippen molar-refractivity contribution in [3.63, 3.8) is 0 Å². The van der Waals surface area contributed by atoms with Gasteiger partial charge in [-0.25, -0.2) is 28.4 Å². The minimum atomic E-state index is -1.40. The van der Waals surface area contributed by atoms with Gasteiger partial charge < -0.3 is 5.11 Å². The Morgan fingerprint density at radius 2 is 1.67 bits per heavy atom. The lowest BCUT2D eigenvalue weighted by Gasteiger charge is -2.47. The molecule has 3 aromatic heterocycles. The number of aryl methyl sites for hydroxylation is 2. The van der Waals surface area contributed by atoms with E-state index in [9.17, 15) is 19.5 Å². The molecule has 4 atom stereocenters. The Bertz CT molecular complexity index is 2690. The van der Waals surface area contributed by atoms with Crippen molar-refractivity contribution in [3.8, 4) is 22.0 Å². The van der Waals surface area contributed by atoms with Crippen LogP contribution in [0.25, 0.3) is 26.3 Å². The Kier molecular flexibility index (Phi) is 7.18. The second-order valence-corrected chi connectivity index (χ2v) is 15.7. The van der Waals surface area contributed by atoms with Crippen molar-refractivity contribution in [2.24, 2.45) is 18.4 Å². The van der Waals surface area contributed by atoms with E-state index in [-0.39, 0.29) is 18.7 Å². The van der Waals surface area contributed by atoms with Crippen LogP contribution in [0.2, 0.25) is 10.0 Å². The molecule has 52 heavy (non-hydrogen) atoms. The molecular formula is C38H30Cl2N6O5S. The monoisotopic (exact) mass is 752 g/mol. The van der Waals surface area contributed by atoms with Crippen LogP contribution in [0.3, 0.4) is 0 Å². The van der Waals surface area contributed by atoms with Crippen LogP contribution in [0.1, 0.15) is 36.4 Å². The first-order valence-corrected chi connectivity index (χ1v) is 18.3. The molecular weight excluding hydrogens is 723 g/mol. The summed E-state index contributed by atoms with van der Waals surface area (Å²) in [7, 11) is 1.69. The van der Waals surface area contributed by atoms with Crippen LogP contribution < -0.4 is 16.3 Å². The minimum absolute atomic E-state index is 0.0506. The molecule has 1 N–H and O–H groups in total. The number of imide groups is 1. The van der Waals surface area contributed by atoms with Gasteiger partial charge in [-0.1, -0.05) is 47.5 Å². The molecule has 3 aliphatic rings. The highest BCUT2D eigenvalue weighted by Gasteiger charge is 2.66. The molecule has 0 unspecified atom stereocenters. The van der Waals surface area contributed by atoms with E-state index in [1.54, 1.807) is 73.8 Å². The summed E-state index contributed by atoms with van der Waals surface area (Å²) in [5.41, 5.74) is 0.537. The summed E-state index contributed by atoms with van der Waals surface area (Å²) < 4.78 is 6.45. The molecule has 1 aliphatic carbocycles. The largest absolute Gasteiger partial charge is 0.508 e. The number of carbonyl (C=O) groups is 2. The fraction of sp³-hybridized carbons (Fsp3) is 0.237. The summed E-state index contributed by atoms with van der Waals surface area (Å²) >= 11 is 14.4. The van der Waals surface area contributed by atoms with E-state index in [0.29, 0.717) is 38.4 Å². The Morgan fingerprint density at radius 1 is 0.942 bits per heavy atom. The maximum absolute atomic E-state index is 15.0. The summed E-state index contributed by atoms with van der Waals surface area (Å²) in [4.78, 5) is 59.8. The van der Waals surface area contributed by atoms with Crippen LogP contribution >= 0.6 is 34.5 Å². The molecule has 5 heterocycles. The number of rotatable bonds is 4. The molecule has 9 rings (SSSR count). The number of benzene rings is 3. The Balaban J connectivity index is 1.20. The van der Waals surface area contributed by atoms with Crippen molar-refractivity contribution in [1.82, 2.24) is 23.7 Å². The third-order valence-corrected chi connectivity index (χ3v) is 12.8. The van der Waals surface area contributed by atoms with E-state index in [0.717, 1.165) is 25.1 Å². The number of phenols is 1. The highest BCUT2D eigenvalue weighted by Crippen LogP contribution is 2.62. The second-order valence-electron chi connectivity index (χ2n) is 13.8. The van der Waals surface area contributed by atoms with E-state index < -0.39 is 46.5 Å². The van der Waals surface area contributed by atoms with Crippen LogP contribution in [0.15, 0.2) is 94.0 Å². The van der Waals surface area contributed by atoms with E-state index in [2.05, 4.69) is 0 Å². The molecule has 1 saturated heterocycles. The molecule has 6 aromatic rings. The lowest BCUT2D eigenvalue weighted by molar-refractivity contribution is -0.129. The third kappa shape index (κ3) is 4.40. The number of amides is 2. The Morgan fingerprint density at radius 3 is 2.44 bits per heavy atom. The zero-order valence-corrected chi connectivity index (χ0v) is 30.4. The minimum Gasteiger partial charge on any atom is -0.508 e. The average molecular weight is 754 g/mol. The molecule has 14 heteroatoms. The first kappa shape index (κ1) is 32.7. The van der Waals surface area contributed by atoms with Crippen molar-refractivity contribution in [3.05, 3.63) is 127 Å². The Labute approximate surface area is 310 Å². The number of allylic oxidation sites excluding steroid dienone is 2. The number of carbonyl (C=O) groups excluding carboxylic acids is 2. The van der Waals surface area contributed by atoms with Gasteiger partial charge in [-0.3, -0.25) is 14.3 Å². The van der Waals surface area contributed by atoms with E-state index in [1.165, 1.54) is 25.0 Å². The summed E-state index contributed by atoms with van der Waals surface area (Å²) in [6.45, 7) is 3.79. The summed E-state index contributed by atoms with van der Waals surface area (Å²) in [5.74, 6) is -2.53. The first-order valence-electron chi connectivity index (χ1n) is 16.7. The lowest BCUT2D eigenvalue weighted by atomic mass is 9.56. The summed E-state index contributed by atoms with van der Waals surface area (Å²) in [6.07, 6.45) is 1.91.